The van der Waals surface area contributed by atoms with Gasteiger partial charge in [0, 0.05) is 18.8 Å². The molecule has 0 aliphatic rings. The van der Waals surface area contributed by atoms with Gasteiger partial charge in [0.1, 0.15) is 12.1 Å². The zero-order valence-electron chi connectivity index (χ0n) is 14.3. The van der Waals surface area contributed by atoms with Gasteiger partial charge in [-0.1, -0.05) is 12.1 Å². The van der Waals surface area contributed by atoms with Gasteiger partial charge >= 0.3 is 5.97 Å². The van der Waals surface area contributed by atoms with Gasteiger partial charge in [-0.3, -0.25) is 9.89 Å². The molecule has 3 N–H and O–H groups in total. The number of aliphatic hydroxyl groups is 1. The normalized spacial score (nSPS) is 11.4. The number of hydrogen-bond donors (Lipinski definition) is 3. The number of aromatic carboxylic acids is 1. The number of carbonyl (C=O) groups is 2. The summed E-state index contributed by atoms with van der Waals surface area (Å²) < 4.78 is 6.62. The van der Waals surface area contributed by atoms with E-state index in [1.54, 1.807) is 19.2 Å². The molecule has 0 amide bonds. The fourth-order valence-electron chi connectivity index (χ4n) is 2.49. The summed E-state index contributed by atoms with van der Waals surface area (Å²) in [5.41, 5.74) is 0.933. The average Bonchev–Trinajstić information content (AvgIpc) is 3.32. The highest BCUT2D eigenvalue weighted by atomic mass is 16.5. The number of nitrogens with zero attached hydrogens (tertiary/aromatic N) is 3. The summed E-state index contributed by atoms with van der Waals surface area (Å²) in [6.07, 6.45) is 3.59. The zero-order chi connectivity index (χ0) is 19.4. The summed E-state index contributed by atoms with van der Waals surface area (Å²) in [6, 6.07) is 8.43. The standard InChI is InChI=1S/C18H16N4O5/c1-27-13-4-2-11(3-5-13)8-22-9-12(18(25)26)6-14(22)15(23)7-16(24)17-19-10-20-21-17/h2-7,9-10,24H,8H2,1H3,(H,25,26)(H,19,20,21). The summed E-state index contributed by atoms with van der Waals surface area (Å²) in [5, 5.41) is 25.3. The van der Waals surface area contributed by atoms with E-state index in [4.69, 9.17) is 4.74 Å². The van der Waals surface area contributed by atoms with Crippen LogP contribution >= 0.6 is 0 Å². The molecule has 0 fully saturated rings. The molecule has 0 aliphatic carbocycles. The molecule has 0 bridgehead atoms. The first-order chi connectivity index (χ1) is 13.0. The van der Waals surface area contributed by atoms with Crippen LogP contribution in [-0.2, 0) is 6.54 Å². The number of aromatic nitrogens is 4. The molecule has 3 rings (SSSR count). The number of hydrogen-bond acceptors (Lipinski definition) is 6. The second-order valence-corrected chi connectivity index (χ2v) is 5.61. The molecule has 0 spiro atoms. The SMILES string of the molecule is COc1ccc(Cn2cc(C(=O)O)cc2C(=O)C=C(O)c2nc[nH]n2)cc1. The molecule has 1 aromatic carbocycles. The molecule has 138 valence electrons. The quantitative estimate of drug-likeness (QED) is 0.331. The summed E-state index contributed by atoms with van der Waals surface area (Å²) in [4.78, 5) is 27.6. The van der Waals surface area contributed by atoms with Gasteiger partial charge in [-0.05, 0) is 23.8 Å². The Labute approximate surface area is 153 Å². The van der Waals surface area contributed by atoms with Crippen LogP contribution in [0.15, 0.2) is 48.9 Å². The first-order valence-electron chi connectivity index (χ1n) is 7.85. The molecule has 0 unspecified atom stereocenters. The fourth-order valence-corrected chi connectivity index (χ4v) is 2.49. The van der Waals surface area contributed by atoms with Crippen LogP contribution in [0.2, 0.25) is 0 Å². The van der Waals surface area contributed by atoms with Gasteiger partial charge in [0.15, 0.2) is 5.76 Å². The second kappa shape index (κ2) is 7.56. The Morgan fingerprint density at radius 2 is 2.00 bits per heavy atom. The Hall–Kier alpha value is -3.88. The maximum absolute atomic E-state index is 12.6. The largest absolute Gasteiger partial charge is 0.504 e. The van der Waals surface area contributed by atoms with E-state index < -0.39 is 17.5 Å². The molecule has 2 heterocycles. The third kappa shape index (κ3) is 4.03. The number of methoxy groups -OCH3 is 1. The molecule has 0 saturated heterocycles. The van der Waals surface area contributed by atoms with Crippen molar-refractivity contribution in [1.29, 1.82) is 0 Å². The number of allylic oxidation sites excluding steroid dienone is 1. The Balaban J connectivity index is 1.92. The lowest BCUT2D eigenvalue weighted by Gasteiger charge is -2.08. The van der Waals surface area contributed by atoms with Crippen molar-refractivity contribution in [2.45, 2.75) is 6.54 Å². The number of aliphatic hydroxyl groups excluding tert-OH is 1. The summed E-state index contributed by atoms with van der Waals surface area (Å²) in [7, 11) is 1.56. The third-order valence-corrected chi connectivity index (χ3v) is 3.82. The maximum Gasteiger partial charge on any atom is 0.337 e. The number of ketones is 1. The number of H-pyrrole nitrogens is 1. The van der Waals surface area contributed by atoms with Gasteiger partial charge < -0.3 is 19.5 Å². The van der Waals surface area contributed by atoms with Crippen molar-refractivity contribution >= 4 is 17.5 Å². The van der Waals surface area contributed by atoms with Crippen molar-refractivity contribution in [3.8, 4) is 5.75 Å². The van der Waals surface area contributed by atoms with Crippen LogP contribution < -0.4 is 4.74 Å². The molecule has 0 radical (unpaired) electrons. The van der Waals surface area contributed by atoms with Gasteiger partial charge in [0.05, 0.1) is 18.4 Å². The predicted molar refractivity (Wildman–Crippen MR) is 94.8 cm³/mol. The van der Waals surface area contributed by atoms with Crippen molar-refractivity contribution in [3.63, 3.8) is 0 Å². The van der Waals surface area contributed by atoms with Crippen molar-refractivity contribution < 1.29 is 24.5 Å². The van der Waals surface area contributed by atoms with E-state index in [1.165, 1.54) is 23.2 Å². The van der Waals surface area contributed by atoms with E-state index in [0.29, 0.717) is 5.75 Å². The van der Waals surface area contributed by atoms with Crippen LogP contribution in [0.4, 0.5) is 0 Å². The van der Waals surface area contributed by atoms with Crippen LogP contribution in [-0.4, -0.2) is 48.8 Å². The van der Waals surface area contributed by atoms with E-state index >= 15 is 0 Å². The number of rotatable bonds is 7. The lowest BCUT2D eigenvalue weighted by Crippen LogP contribution is -2.08. The fraction of sp³-hybridized carbons (Fsp3) is 0.111. The number of nitrogens with one attached hydrogen (secondary N) is 1. The molecule has 2 aromatic heterocycles. The molecule has 27 heavy (non-hydrogen) atoms. The molecule has 0 aliphatic heterocycles. The number of carboxylic acid groups (broad SMARTS) is 1. The van der Waals surface area contributed by atoms with Crippen molar-refractivity contribution in [2.24, 2.45) is 0 Å². The van der Waals surface area contributed by atoms with E-state index in [9.17, 15) is 19.8 Å². The van der Waals surface area contributed by atoms with Gasteiger partial charge in [-0.15, -0.1) is 0 Å². The Morgan fingerprint density at radius 3 is 2.59 bits per heavy atom. The van der Waals surface area contributed by atoms with Gasteiger partial charge in [-0.2, -0.15) is 5.10 Å². The lowest BCUT2D eigenvalue weighted by molar-refractivity contribution is 0.0696. The summed E-state index contributed by atoms with van der Waals surface area (Å²) in [6.45, 7) is 0.271. The lowest BCUT2D eigenvalue weighted by atomic mass is 10.2. The summed E-state index contributed by atoms with van der Waals surface area (Å²) >= 11 is 0. The number of benzene rings is 1. The van der Waals surface area contributed by atoms with Crippen LogP contribution in [0.5, 0.6) is 5.75 Å². The van der Waals surface area contributed by atoms with E-state index in [-0.39, 0.29) is 23.6 Å². The van der Waals surface area contributed by atoms with Gasteiger partial charge in [0.2, 0.25) is 11.6 Å². The van der Waals surface area contributed by atoms with Crippen LogP contribution in [0.1, 0.15) is 32.2 Å². The smallest absolute Gasteiger partial charge is 0.337 e. The number of carboxylic acids is 1. The highest BCUT2D eigenvalue weighted by Gasteiger charge is 2.17. The average molecular weight is 368 g/mol. The topological polar surface area (TPSA) is 130 Å². The number of carbonyl (C=O) groups excluding carboxylic acids is 1. The monoisotopic (exact) mass is 368 g/mol. The Bertz CT molecular complexity index is 987. The molecular formula is C18H16N4O5. The van der Waals surface area contributed by atoms with E-state index in [1.807, 2.05) is 12.1 Å². The van der Waals surface area contributed by atoms with Gasteiger partial charge in [-0.25, -0.2) is 9.78 Å². The van der Waals surface area contributed by atoms with Crippen LogP contribution in [0.25, 0.3) is 5.76 Å². The minimum Gasteiger partial charge on any atom is -0.504 e. The Kier molecular flexibility index (Phi) is 5.02. The third-order valence-electron chi connectivity index (χ3n) is 3.82. The van der Waals surface area contributed by atoms with Crippen LogP contribution in [0.3, 0.4) is 0 Å². The first-order valence-corrected chi connectivity index (χ1v) is 7.85. The highest BCUT2D eigenvalue weighted by Crippen LogP contribution is 2.17. The van der Waals surface area contributed by atoms with Crippen molar-refractivity contribution in [3.05, 3.63) is 71.6 Å². The molecule has 3 aromatic rings. The molecular weight excluding hydrogens is 352 g/mol. The van der Waals surface area contributed by atoms with Crippen LogP contribution in [0, 0.1) is 0 Å². The second-order valence-electron chi connectivity index (χ2n) is 5.61. The van der Waals surface area contributed by atoms with Crippen molar-refractivity contribution in [1.82, 2.24) is 19.7 Å². The molecule has 9 heteroatoms. The van der Waals surface area contributed by atoms with Gasteiger partial charge in [0.25, 0.3) is 0 Å². The zero-order valence-corrected chi connectivity index (χ0v) is 14.3. The number of ether oxygens (including phenoxy) is 1. The molecule has 9 nitrogen and oxygen atoms in total. The molecule has 0 atom stereocenters. The first kappa shape index (κ1) is 17.9. The van der Waals surface area contributed by atoms with E-state index in [2.05, 4.69) is 15.2 Å². The summed E-state index contributed by atoms with van der Waals surface area (Å²) in [5.74, 6) is -1.49. The van der Waals surface area contributed by atoms with Crippen molar-refractivity contribution in [2.75, 3.05) is 7.11 Å². The molecule has 0 saturated carbocycles. The minimum atomic E-state index is -1.15. The Morgan fingerprint density at radius 1 is 1.26 bits per heavy atom. The minimum absolute atomic E-state index is 0.0300. The number of aromatic amines is 1. The predicted octanol–water partition coefficient (Wildman–Crippen LogP) is 2.14. The highest BCUT2D eigenvalue weighted by molar-refractivity contribution is 6.07. The maximum atomic E-state index is 12.6. The van der Waals surface area contributed by atoms with E-state index in [0.717, 1.165) is 11.6 Å².